The number of halogens is 1. The molecule has 1 fully saturated rings. The molecule has 3 heterocycles. The summed E-state index contributed by atoms with van der Waals surface area (Å²) in [5.74, 6) is -0.523. The van der Waals surface area contributed by atoms with E-state index in [1.54, 1.807) is 30.5 Å². The number of likely N-dealkylation sites (tertiary alicyclic amines) is 1. The molecule has 180 valence electrons. The molecule has 1 amide bonds. The molecule has 2 aromatic carbocycles. The molecule has 2 aliphatic heterocycles. The minimum atomic E-state index is -0.659. The Bertz CT molecular complexity index is 1310. The lowest BCUT2D eigenvalue weighted by Crippen LogP contribution is -2.50. The molecule has 2 aliphatic rings. The van der Waals surface area contributed by atoms with Gasteiger partial charge < -0.3 is 5.32 Å². The molecule has 1 aromatic heterocycles. The first-order valence-corrected chi connectivity index (χ1v) is 12.0. The summed E-state index contributed by atoms with van der Waals surface area (Å²) in [7, 11) is 0. The second kappa shape index (κ2) is 9.92. The lowest BCUT2D eigenvalue weighted by atomic mass is 9.96. The Morgan fingerprint density at radius 1 is 1.23 bits per heavy atom. The minimum Gasteiger partial charge on any atom is -0.348 e. The van der Waals surface area contributed by atoms with Gasteiger partial charge in [-0.05, 0) is 57.0 Å². The predicted molar refractivity (Wildman–Crippen MR) is 133 cm³/mol. The largest absolute Gasteiger partial charge is 0.348 e. The summed E-state index contributed by atoms with van der Waals surface area (Å²) >= 11 is 0. The Morgan fingerprint density at radius 2 is 2.09 bits per heavy atom. The van der Waals surface area contributed by atoms with Gasteiger partial charge in [-0.25, -0.2) is 4.39 Å². The van der Waals surface area contributed by atoms with Crippen LogP contribution in [0.1, 0.15) is 59.8 Å². The van der Waals surface area contributed by atoms with Crippen molar-refractivity contribution in [1.29, 1.82) is 0 Å². The van der Waals surface area contributed by atoms with Crippen LogP contribution in [0.5, 0.6) is 0 Å². The number of benzene rings is 2. The maximum atomic E-state index is 14.5. The number of Topliss-reactive ketones (excluding diaryl/α,β-unsaturated/α-hetero) is 1. The molecule has 2 N–H and O–H groups in total. The number of rotatable bonds is 6. The zero-order valence-corrected chi connectivity index (χ0v) is 19.6. The second-order valence-corrected chi connectivity index (χ2v) is 9.23. The Kier molecular flexibility index (Phi) is 6.55. The number of nitrogens with one attached hydrogen (secondary N) is 2. The number of aromatic amines is 1. The average molecular weight is 474 g/mol. The van der Waals surface area contributed by atoms with Crippen LogP contribution in [0, 0.1) is 5.82 Å². The van der Waals surface area contributed by atoms with E-state index in [0.717, 1.165) is 35.9 Å². The van der Waals surface area contributed by atoms with E-state index in [1.165, 1.54) is 13.0 Å². The van der Waals surface area contributed by atoms with E-state index in [4.69, 9.17) is 0 Å². The topological polar surface area (TPSA) is 90.5 Å². The van der Waals surface area contributed by atoms with E-state index in [-0.39, 0.29) is 29.5 Å². The third-order valence-electron chi connectivity index (χ3n) is 6.82. The number of aliphatic imine (C=N–C) groups is 1. The number of fused-ring (bicyclic) bond motifs is 1. The zero-order chi connectivity index (χ0) is 24.4. The molecule has 3 atom stereocenters. The fourth-order valence-electron chi connectivity index (χ4n) is 5.13. The molecule has 0 saturated carbocycles. The van der Waals surface area contributed by atoms with E-state index in [9.17, 15) is 14.0 Å². The average Bonchev–Trinajstić information content (AvgIpc) is 3.29. The van der Waals surface area contributed by atoms with Gasteiger partial charge in [0.25, 0.3) is 5.91 Å². The quantitative estimate of drug-likeness (QED) is 0.559. The number of hydrogen-bond acceptors (Lipinski definition) is 5. The summed E-state index contributed by atoms with van der Waals surface area (Å²) < 4.78 is 14.5. The van der Waals surface area contributed by atoms with Crippen molar-refractivity contribution in [1.82, 2.24) is 20.4 Å². The standard InChI is InChI=1S/C27H28FN5O2/c1-17(34)26(21-6-2-3-7-23(21)28)33-14-4-5-20(16-33)30-27(35)19-8-9-24-22(15-19)25(32-31-24)18-10-12-29-13-11-18/h2-3,6-10,12-13,15,18,20,26H,4-5,11,14,16H2,1H3,(H,30,35)(H,31,32). The molecule has 3 aromatic rings. The molecule has 0 radical (unpaired) electrons. The second-order valence-electron chi connectivity index (χ2n) is 9.23. The van der Waals surface area contributed by atoms with Gasteiger partial charge in [0.2, 0.25) is 0 Å². The SMILES string of the molecule is CC(=O)C(c1ccccc1F)N1CCCC(NC(=O)c2ccc3n[nH]c(C4C=CN=CC4)c3c2)C1. The van der Waals surface area contributed by atoms with Gasteiger partial charge in [-0.1, -0.05) is 24.3 Å². The van der Waals surface area contributed by atoms with Crippen LogP contribution in [0.15, 0.2) is 59.7 Å². The van der Waals surface area contributed by atoms with E-state index >= 15 is 0 Å². The number of H-pyrrole nitrogens is 1. The third-order valence-corrected chi connectivity index (χ3v) is 6.82. The van der Waals surface area contributed by atoms with E-state index in [2.05, 4.69) is 20.5 Å². The van der Waals surface area contributed by atoms with Crippen LogP contribution in [-0.4, -0.2) is 52.1 Å². The van der Waals surface area contributed by atoms with Gasteiger partial charge in [0.1, 0.15) is 5.82 Å². The number of carbonyl (C=O) groups excluding carboxylic acids is 2. The summed E-state index contributed by atoms with van der Waals surface area (Å²) in [5, 5.41) is 11.6. The molecule has 0 aliphatic carbocycles. The number of allylic oxidation sites excluding steroid dienone is 1. The number of amides is 1. The maximum Gasteiger partial charge on any atom is 0.251 e. The smallest absolute Gasteiger partial charge is 0.251 e. The van der Waals surface area contributed by atoms with Crippen molar-refractivity contribution in [2.45, 2.75) is 44.2 Å². The molecule has 0 bridgehead atoms. The highest BCUT2D eigenvalue weighted by Crippen LogP contribution is 2.30. The number of piperidine rings is 1. The van der Waals surface area contributed by atoms with Crippen LogP contribution in [0.4, 0.5) is 4.39 Å². The van der Waals surface area contributed by atoms with E-state index in [1.807, 2.05) is 29.3 Å². The molecule has 5 rings (SSSR count). The van der Waals surface area contributed by atoms with Crippen molar-refractivity contribution in [3.63, 3.8) is 0 Å². The summed E-state index contributed by atoms with van der Waals surface area (Å²) in [6.45, 7) is 2.65. The molecule has 1 saturated heterocycles. The fourth-order valence-corrected chi connectivity index (χ4v) is 5.13. The number of ketones is 1. The highest BCUT2D eigenvalue weighted by Gasteiger charge is 2.32. The van der Waals surface area contributed by atoms with E-state index < -0.39 is 6.04 Å². The first-order valence-electron chi connectivity index (χ1n) is 12.0. The fraction of sp³-hybridized carbons (Fsp3) is 0.333. The first-order chi connectivity index (χ1) is 17.0. The van der Waals surface area contributed by atoms with Crippen LogP contribution in [0.2, 0.25) is 0 Å². The van der Waals surface area contributed by atoms with Gasteiger partial charge in [0.15, 0.2) is 5.78 Å². The van der Waals surface area contributed by atoms with Gasteiger partial charge in [0, 0.05) is 47.4 Å². The predicted octanol–water partition coefficient (Wildman–Crippen LogP) is 4.30. The zero-order valence-electron chi connectivity index (χ0n) is 19.6. The number of aromatic nitrogens is 2. The number of hydrogen-bond donors (Lipinski definition) is 2. The number of nitrogens with zero attached hydrogens (tertiary/aromatic N) is 3. The highest BCUT2D eigenvalue weighted by molar-refractivity contribution is 5.98. The van der Waals surface area contributed by atoms with Crippen LogP contribution < -0.4 is 5.32 Å². The highest BCUT2D eigenvalue weighted by atomic mass is 19.1. The molecular weight excluding hydrogens is 445 g/mol. The molecule has 0 spiro atoms. The van der Waals surface area contributed by atoms with Crippen molar-refractivity contribution in [3.05, 3.63) is 77.4 Å². The van der Waals surface area contributed by atoms with Crippen molar-refractivity contribution in [2.24, 2.45) is 4.99 Å². The van der Waals surface area contributed by atoms with Crippen molar-refractivity contribution in [2.75, 3.05) is 13.1 Å². The van der Waals surface area contributed by atoms with Gasteiger partial charge in [-0.3, -0.25) is 24.6 Å². The summed E-state index contributed by atoms with van der Waals surface area (Å²) in [5.41, 5.74) is 2.72. The lowest BCUT2D eigenvalue weighted by Gasteiger charge is -2.37. The summed E-state index contributed by atoms with van der Waals surface area (Å²) in [6, 6.07) is 11.1. The van der Waals surface area contributed by atoms with Crippen LogP contribution in [0.25, 0.3) is 10.9 Å². The summed E-state index contributed by atoms with van der Waals surface area (Å²) in [4.78, 5) is 31.8. The Balaban J connectivity index is 1.32. The minimum absolute atomic E-state index is 0.109. The van der Waals surface area contributed by atoms with Gasteiger partial charge in [0.05, 0.1) is 17.3 Å². The maximum absolute atomic E-state index is 14.5. The number of carbonyl (C=O) groups is 2. The van der Waals surface area contributed by atoms with Gasteiger partial charge >= 0.3 is 0 Å². The van der Waals surface area contributed by atoms with E-state index in [0.29, 0.717) is 24.2 Å². The molecule has 8 heteroatoms. The van der Waals surface area contributed by atoms with Crippen LogP contribution >= 0.6 is 0 Å². The van der Waals surface area contributed by atoms with Gasteiger partial charge in [-0.15, -0.1) is 0 Å². The Hall–Kier alpha value is -3.65. The van der Waals surface area contributed by atoms with Crippen molar-refractivity contribution < 1.29 is 14.0 Å². The van der Waals surface area contributed by atoms with Crippen molar-refractivity contribution in [3.8, 4) is 0 Å². The monoisotopic (exact) mass is 473 g/mol. The summed E-state index contributed by atoms with van der Waals surface area (Å²) in [6.07, 6.45) is 8.07. The van der Waals surface area contributed by atoms with Crippen molar-refractivity contribution >= 4 is 28.8 Å². The Morgan fingerprint density at radius 3 is 2.86 bits per heavy atom. The first kappa shape index (κ1) is 23.1. The molecule has 3 unspecified atom stereocenters. The Labute approximate surface area is 203 Å². The van der Waals surface area contributed by atoms with Crippen LogP contribution in [-0.2, 0) is 4.79 Å². The van der Waals surface area contributed by atoms with Gasteiger partial charge in [-0.2, -0.15) is 5.10 Å². The lowest BCUT2D eigenvalue weighted by molar-refractivity contribution is -0.123. The third kappa shape index (κ3) is 4.79. The molecule has 35 heavy (non-hydrogen) atoms. The molecule has 7 nitrogen and oxygen atoms in total. The normalized spacial score (nSPS) is 21.2. The molecular formula is C27H28FN5O2. The van der Waals surface area contributed by atoms with Crippen LogP contribution in [0.3, 0.4) is 0 Å².